The van der Waals surface area contributed by atoms with Crippen molar-refractivity contribution in [2.75, 3.05) is 6.54 Å². The molecule has 122 valence electrons. The van der Waals surface area contributed by atoms with Gasteiger partial charge in [0.15, 0.2) is 0 Å². The van der Waals surface area contributed by atoms with E-state index in [0.717, 1.165) is 9.13 Å². The molecule has 5 nitrogen and oxygen atoms in total. The number of benzene rings is 2. The first-order chi connectivity index (χ1) is 11.7. The molecule has 0 spiro atoms. The minimum absolute atomic E-state index is 0.135. The number of halogens is 1. The van der Waals surface area contributed by atoms with E-state index >= 15 is 0 Å². The molecule has 0 atom stereocenters. The molecule has 6 heteroatoms. The van der Waals surface area contributed by atoms with Crippen molar-refractivity contribution >= 4 is 46.7 Å². The van der Waals surface area contributed by atoms with Crippen LogP contribution < -0.4 is 10.7 Å². The first-order valence-corrected chi connectivity index (χ1v) is 8.31. The molecule has 0 aliphatic rings. The quantitative estimate of drug-likeness (QED) is 0.418. The van der Waals surface area contributed by atoms with Gasteiger partial charge in [-0.1, -0.05) is 48.5 Å². The molecule has 2 amide bonds. The lowest BCUT2D eigenvalue weighted by molar-refractivity contribution is -0.120. The molecule has 0 saturated heterocycles. The highest BCUT2D eigenvalue weighted by Crippen LogP contribution is 2.10. The molecule has 2 rings (SSSR count). The molecule has 2 N–H and O–H groups in total. The van der Waals surface area contributed by atoms with Crippen molar-refractivity contribution in [3.8, 4) is 0 Å². The largest absolute Gasteiger partial charge is 0.343 e. The number of hydrogen-bond acceptors (Lipinski definition) is 3. The average Bonchev–Trinajstić information content (AvgIpc) is 2.60. The monoisotopic (exact) mass is 433 g/mol. The first-order valence-electron chi connectivity index (χ1n) is 7.23. The molecule has 0 heterocycles. The van der Waals surface area contributed by atoms with E-state index in [1.54, 1.807) is 18.2 Å². The highest BCUT2D eigenvalue weighted by Gasteiger charge is 2.09. The number of rotatable bonds is 6. The van der Waals surface area contributed by atoms with Gasteiger partial charge in [-0.25, -0.2) is 5.43 Å². The maximum Gasteiger partial charge on any atom is 0.259 e. The van der Waals surface area contributed by atoms with Crippen molar-refractivity contribution in [2.45, 2.75) is 0 Å². The Morgan fingerprint density at radius 2 is 1.75 bits per heavy atom. The summed E-state index contributed by atoms with van der Waals surface area (Å²) < 4.78 is 0.831. The van der Waals surface area contributed by atoms with Crippen molar-refractivity contribution in [1.82, 2.24) is 10.7 Å². The van der Waals surface area contributed by atoms with Crippen LogP contribution in [0.25, 0.3) is 6.08 Å². The van der Waals surface area contributed by atoms with Crippen LogP contribution in [0.15, 0.2) is 65.8 Å². The Hall–Kier alpha value is -2.48. The molecule has 0 aromatic heterocycles. The summed E-state index contributed by atoms with van der Waals surface area (Å²) in [4.78, 5) is 23.6. The van der Waals surface area contributed by atoms with Crippen LogP contribution in [0.4, 0.5) is 0 Å². The van der Waals surface area contributed by atoms with Gasteiger partial charge in [0.25, 0.3) is 11.8 Å². The topological polar surface area (TPSA) is 70.6 Å². The van der Waals surface area contributed by atoms with Crippen LogP contribution >= 0.6 is 22.6 Å². The predicted octanol–water partition coefficient (Wildman–Crippen LogP) is 2.84. The number of carbonyl (C=O) groups excluding carboxylic acids is 2. The average molecular weight is 433 g/mol. The number of nitrogens with one attached hydrogen (secondary N) is 2. The number of allylic oxidation sites excluding steroid dienone is 1. The van der Waals surface area contributed by atoms with E-state index in [-0.39, 0.29) is 12.5 Å². The van der Waals surface area contributed by atoms with Crippen LogP contribution in [-0.4, -0.2) is 24.6 Å². The van der Waals surface area contributed by atoms with Crippen molar-refractivity contribution in [2.24, 2.45) is 5.10 Å². The van der Waals surface area contributed by atoms with E-state index in [4.69, 9.17) is 0 Å². The maximum absolute atomic E-state index is 12.0. The minimum atomic E-state index is -0.390. The number of amides is 2. The lowest BCUT2D eigenvalue weighted by Gasteiger charge is -2.05. The third-order valence-electron chi connectivity index (χ3n) is 2.97. The van der Waals surface area contributed by atoms with Crippen LogP contribution in [-0.2, 0) is 4.79 Å². The number of hydrazone groups is 1. The summed E-state index contributed by atoms with van der Waals surface area (Å²) in [6.07, 6.45) is 5.07. The smallest absolute Gasteiger partial charge is 0.259 e. The Kier molecular flexibility index (Phi) is 7.16. The van der Waals surface area contributed by atoms with Gasteiger partial charge in [0.05, 0.1) is 12.1 Å². The van der Waals surface area contributed by atoms with Crippen molar-refractivity contribution in [3.63, 3.8) is 0 Å². The van der Waals surface area contributed by atoms with Crippen LogP contribution in [0.1, 0.15) is 15.9 Å². The van der Waals surface area contributed by atoms with Crippen LogP contribution in [0.2, 0.25) is 0 Å². The SMILES string of the molecule is O=C(CNC(=O)c1ccccc1I)NN=CC=Cc1ccccc1. The molecule has 0 aliphatic carbocycles. The van der Waals surface area contributed by atoms with Crippen LogP contribution in [0.3, 0.4) is 0 Å². The highest BCUT2D eigenvalue weighted by atomic mass is 127. The fourth-order valence-corrected chi connectivity index (χ4v) is 2.44. The number of nitrogens with zero attached hydrogens (tertiary/aromatic N) is 1. The fourth-order valence-electron chi connectivity index (χ4n) is 1.81. The van der Waals surface area contributed by atoms with E-state index < -0.39 is 5.91 Å². The predicted molar refractivity (Wildman–Crippen MR) is 104 cm³/mol. The molecule has 2 aromatic rings. The number of carbonyl (C=O) groups is 2. The Labute approximate surface area is 154 Å². The highest BCUT2D eigenvalue weighted by molar-refractivity contribution is 14.1. The van der Waals surface area contributed by atoms with Crippen molar-refractivity contribution in [1.29, 1.82) is 0 Å². The van der Waals surface area contributed by atoms with Crippen molar-refractivity contribution in [3.05, 3.63) is 75.4 Å². The lowest BCUT2D eigenvalue weighted by atomic mass is 10.2. The lowest BCUT2D eigenvalue weighted by Crippen LogP contribution is -2.35. The standard InChI is InChI=1S/C18H16IN3O2/c19-16-11-5-4-10-15(16)18(24)20-13-17(23)22-21-12-6-9-14-7-2-1-3-8-14/h1-12H,13H2,(H,20,24)(H,22,23). The molecule has 0 bridgehead atoms. The van der Waals surface area contributed by atoms with Crippen LogP contribution in [0, 0.1) is 3.57 Å². The van der Waals surface area contributed by atoms with Crippen molar-refractivity contribution < 1.29 is 9.59 Å². The van der Waals surface area contributed by atoms with E-state index in [1.165, 1.54) is 6.21 Å². The summed E-state index contributed by atoms with van der Waals surface area (Å²) in [5.41, 5.74) is 3.94. The van der Waals surface area contributed by atoms with Gasteiger partial charge in [-0.2, -0.15) is 5.10 Å². The Morgan fingerprint density at radius 3 is 2.50 bits per heavy atom. The summed E-state index contributed by atoms with van der Waals surface area (Å²) in [5, 5.41) is 6.35. The molecule has 0 aliphatic heterocycles. The Morgan fingerprint density at radius 1 is 1.04 bits per heavy atom. The molecule has 24 heavy (non-hydrogen) atoms. The van der Waals surface area contributed by atoms with Gasteiger partial charge < -0.3 is 5.32 Å². The van der Waals surface area contributed by atoms with Gasteiger partial charge in [-0.05, 0) is 46.4 Å². The van der Waals surface area contributed by atoms with Gasteiger partial charge >= 0.3 is 0 Å². The summed E-state index contributed by atoms with van der Waals surface area (Å²) in [6.45, 7) is -0.135. The molecule has 0 radical (unpaired) electrons. The molecule has 0 saturated carbocycles. The first kappa shape index (κ1) is 17.9. The second-order valence-electron chi connectivity index (χ2n) is 4.75. The maximum atomic E-state index is 12.0. The molecular formula is C18H16IN3O2. The van der Waals surface area contributed by atoms with Gasteiger partial charge in [-0.3, -0.25) is 9.59 Å². The second kappa shape index (κ2) is 9.61. The van der Waals surface area contributed by atoms with Gasteiger partial charge in [0.2, 0.25) is 0 Å². The van der Waals surface area contributed by atoms with Gasteiger partial charge in [0, 0.05) is 9.78 Å². The summed E-state index contributed by atoms with van der Waals surface area (Å²) >= 11 is 2.08. The third-order valence-corrected chi connectivity index (χ3v) is 3.91. The van der Waals surface area contributed by atoms with E-state index in [1.807, 2.05) is 48.5 Å². The normalized spacial score (nSPS) is 10.9. The zero-order valence-corrected chi connectivity index (χ0v) is 14.9. The summed E-state index contributed by atoms with van der Waals surface area (Å²) in [7, 11) is 0. The van der Waals surface area contributed by atoms with Crippen LogP contribution in [0.5, 0.6) is 0 Å². The zero-order chi connectivity index (χ0) is 17.2. The third kappa shape index (κ3) is 5.96. The minimum Gasteiger partial charge on any atom is -0.343 e. The van der Waals surface area contributed by atoms with E-state index in [0.29, 0.717) is 5.56 Å². The fraction of sp³-hybridized carbons (Fsp3) is 0.0556. The molecule has 0 fully saturated rings. The molecule has 2 aromatic carbocycles. The molecule has 0 unspecified atom stereocenters. The molecular weight excluding hydrogens is 417 g/mol. The van der Waals surface area contributed by atoms with E-state index in [2.05, 4.69) is 38.4 Å². The zero-order valence-electron chi connectivity index (χ0n) is 12.8. The second-order valence-corrected chi connectivity index (χ2v) is 5.91. The van der Waals surface area contributed by atoms with Gasteiger partial charge in [-0.15, -0.1) is 0 Å². The Balaban J connectivity index is 1.73. The Bertz CT molecular complexity index is 758. The summed E-state index contributed by atoms with van der Waals surface area (Å²) in [5.74, 6) is -0.679. The van der Waals surface area contributed by atoms with Gasteiger partial charge in [0.1, 0.15) is 0 Å². The summed E-state index contributed by atoms with van der Waals surface area (Å²) in [6, 6.07) is 16.9. The van der Waals surface area contributed by atoms with E-state index in [9.17, 15) is 9.59 Å². The number of hydrogen-bond donors (Lipinski definition) is 2.